The van der Waals surface area contributed by atoms with Gasteiger partial charge in [0, 0.05) is 24.8 Å². The molecule has 1 unspecified atom stereocenters. The van der Waals surface area contributed by atoms with E-state index in [0.717, 1.165) is 17.7 Å². The standard InChI is InChI=1S/C21H23F3N6O2/c1-3-8-30-19(31)16-18(27-20(30)32)29(4-2)17(26-16)14-10-25-28(12-14)11-13-6-5-7-15(9-13)21(22,23)24/h5-7,9-10,12,17,26H,3-4,8,11H2,1-2H3,(H,27,32). The minimum atomic E-state index is -4.41. The van der Waals surface area contributed by atoms with Crippen molar-refractivity contribution in [3.05, 3.63) is 74.2 Å². The molecule has 0 amide bonds. The summed E-state index contributed by atoms with van der Waals surface area (Å²) in [6.45, 7) is 4.76. The average Bonchev–Trinajstić information content (AvgIpc) is 3.35. The molecule has 11 heteroatoms. The number of anilines is 2. The van der Waals surface area contributed by atoms with Crippen LogP contribution in [0, 0.1) is 0 Å². The van der Waals surface area contributed by atoms with Gasteiger partial charge in [-0.15, -0.1) is 0 Å². The Bertz CT molecular complexity index is 1240. The molecule has 1 aromatic carbocycles. The quantitative estimate of drug-likeness (QED) is 0.605. The molecule has 0 bridgehead atoms. The van der Waals surface area contributed by atoms with Gasteiger partial charge in [0.05, 0.1) is 18.3 Å². The molecule has 1 atom stereocenters. The summed E-state index contributed by atoms with van der Waals surface area (Å²) < 4.78 is 41.6. The molecule has 0 spiro atoms. The first-order valence-electron chi connectivity index (χ1n) is 10.3. The number of halogens is 3. The van der Waals surface area contributed by atoms with Gasteiger partial charge in [0.2, 0.25) is 0 Å². The Morgan fingerprint density at radius 1 is 1.19 bits per heavy atom. The molecule has 170 valence electrons. The maximum Gasteiger partial charge on any atom is 0.416 e. The predicted octanol–water partition coefficient (Wildman–Crippen LogP) is 3.16. The summed E-state index contributed by atoms with van der Waals surface area (Å²) in [6.07, 6.45) is -0.887. The summed E-state index contributed by atoms with van der Waals surface area (Å²) in [6, 6.07) is 5.11. The fraction of sp³-hybridized carbons (Fsp3) is 0.381. The van der Waals surface area contributed by atoms with Crippen molar-refractivity contribution >= 4 is 11.5 Å². The lowest BCUT2D eigenvalue weighted by Crippen LogP contribution is -2.36. The van der Waals surface area contributed by atoms with Gasteiger partial charge in [0.25, 0.3) is 5.56 Å². The highest BCUT2D eigenvalue weighted by atomic mass is 19.4. The normalized spacial score (nSPS) is 15.7. The molecular weight excluding hydrogens is 425 g/mol. The highest BCUT2D eigenvalue weighted by Crippen LogP contribution is 2.36. The molecular formula is C21H23F3N6O2. The largest absolute Gasteiger partial charge is 0.416 e. The summed E-state index contributed by atoms with van der Waals surface area (Å²) in [5.74, 6) is 0.422. The molecule has 3 heterocycles. The van der Waals surface area contributed by atoms with Crippen LogP contribution in [0.2, 0.25) is 0 Å². The monoisotopic (exact) mass is 448 g/mol. The maximum atomic E-state index is 13.0. The molecule has 0 aliphatic carbocycles. The van der Waals surface area contributed by atoms with E-state index in [1.165, 1.54) is 10.6 Å². The highest BCUT2D eigenvalue weighted by Gasteiger charge is 2.34. The van der Waals surface area contributed by atoms with Crippen LogP contribution in [0.3, 0.4) is 0 Å². The fourth-order valence-corrected chi connectivity index (χ4v) is 3.92. The van der Waals surface area contributed by atoms with Crippen LogP contribution in [0.5, 0.6) is 0 Å². The Labute approximate surface area is 181 Å². The van der Waals surface area contributed by atoms with Crippen LogP contribution in [-0.2, 0) is 19.3 Å². The molecule has 3 aromatic rings. The van der Waals surface area contributed by atoms with Gasteiger partial charge in [-0.05, 0) is 31.0 Å². The van der Waals surface area contributed by atoms with E-state index in [1.807, 2.05) is 18.7 Å². The van der Waals surface area contributed by atoms with E-state index in [1.54, 1.807) is 23.1 Å². The summed E-state index contributed by atoms with van der Waals surface area (Å²) >= 11 is 0. The Morgan fingerprint density at radius 2 is 1.97 bits per heavy atom. The van der Waals surface area contributed by atoms with E-state index >= 15 is 0 Å². The SMILES string of the molecule is CCCn1c(=O)[nH]c2c(c1=O)NC(c1cnn(Cc3cccc(C(F)(F)F)c3)c1)N2CC. The van der Waals surface area contributed by atoms with Crippen LogP contribution in [0.25, 0.3) is 0 Å². The number of benzene rings is 1. The number of alkyl halides is 3. The molecule has 32 heavy (non-hydrogen) atoms. The molecule has 0 saturated carbocycles. The topological polar surface area (TPSA) is 88.0 Å². The zero-order valence-corrected chi connectivity index (χ0v) is 17.6. The Kier molecular flexibility index (Phi) is 5.57. The third-order valence-electron chi connectivity index (χ3n) is 5.40. The first-order valence-corrected chi connectivity index (χ1v) is 10.3. The minimum Gasteiger partial charge on any atom is -0.354 e. The van der Waals surface area contributed by atoms with Gasteiger partial charge in [0.1, 0.15) is 17.7 Å². The molecule has 1 aliphatic heterocycles. The maximum absolute atomic E-state index is 13.0. The molecule has 0 saturated heterocycles. The fourth-order valence-electron chi connectivity index (χ4n) is 3.92. The highest BCUT2D eigenvalue weighted by molar-refractivity contribution is 5.71. The second kappa shape index (κ2) is 8.21. The second-order valence-electron chi connectivity index (χ2n) is 7.61. The zero-order chi connectivity index (χ0) is 23.0. The van der Waals surface area contributed by atoms with Crippen molar-refractivity contribution in [2.24, 2.45) is 0 Å². The first-order chi connectivity index (χ1) is 15.2. The molecule has 8 nitrogen and oxygen atoms in total. The molecule has 2 aromatic heterocycles. The van der Waals surface area contributed by atoms with Gasteiger partial charge < -0.3 is 10.2 Å². The van der Waals surface area contributed by atoms with E-state index in [2.05, 4.69) is 15.4 Å². The van der Waals surface area contributed by atoms with Crippen molar-refractivity contribution in [1.82, 2.24) is 19.3 Å². The van der Waals surface area contributed by atoms with E-state index in [4.69, 9.17) is 0 Å². The molecule has 0 fully saturated rings. The predicted molar refractivity (Wildman–Crippen MR) is 114 cm³/mol. The zero-order valence-electron chi connectivity index (χ0n) is 17.6. The summed E-state index contributed by atoms with van der Waals surface area (Å²) in [4.78, 5) is 29.8. The van der Waals surface area contributed by atoms with Crippen molar-refractivity contribution in [3.8, 4) is 0 Å². The lowest BCUT2D eigenvalue weighted by molar-refractivity contribution is -0.137. The molecule has 1 aliphatic rings. The second-order valence-corrected chi connectivity index (χ2v) is 7.61. The third-order valence-corrected chi connectivity index (χ3v) is 5.40. The third kappa shape index (κ3) is 3.90. The number of aromatic nitrogens is 4. The number of rotatable bonds is 6. The number of fused-ring (bicyclic) bond motifs is 1. The van der Waals surface area contributed by atoms with E-state index in [9.17, 15) is 22.8 Å². The average molecular weight is 448 g/mol. The van der Waals surface area contributed by atoms with Crippen LogP contribution in [0.4, 0.5) is 24.7 Å². The number of nitrogens with zero attached hydrogens (tertiary/aromatic N) is 4. The number of nitrogens with one attached hydrogen (secondary N) is 2. The lowest BCUT2D eigenvalue weighted by Gasteiger charge is -2.23. The van der Waals surface area contributed by atoms with Crippen LogP contribution in [0.1, 0.15) is 43.1 Å². The Hall–Kier alpha value is -3.50. The first kappa shape index (κ1) is 21.7. The number of hydrogen-bond donors (Lipinski definition) is 2. The minimum absolute atomic E-state index is 0.163. The van der Waals surface area contributed by atoms with E-state index < -0.39 is 23.6 Å². The summed E-state index contributed by atoms with van der Waals surface area (Å²) in [5, 5.41) is 7.45. The van der Waals surface area contributed by atoms with Crippen molar-refractivity contribution < 1.29 is 13.2 Å². The lowest BCUT2D eigenvalue weighted by atomic mass is 10.1. The van der Waals surface area contributed by atoms with Crippen LogP contribution in [0.15, 0.2) is 46.2 Å². The number of aromatic amines is 1. The van der Waals surface area contributed by atoms with Gasteiger partial charge in [-0.2, -0.15) is 18.3 Å². The van der Waals surface area contributed by atoms with Crippen molar-refractivity contribution in [3.63, 3.8) is 0 Å². The molecule has 4 rings (SSSR count). The van der Waals surface area contributed by atoms with Crippen molar-refractivity contribution in [2.45, 2.75) is 45.7 Å². The number of hydrogen-bond acceptors (Lipinski definition) is 5. The number of H-pyrrole nitrogens is 1. The van der Waals surface area contributed by atoms with Crippen molar-refractivity contribution in [2.75, 3.05) is 16.8 Å². The van der Waals surface area contributed by atoms with Crippen LogP contribution < -0.4 is 21.5 Å². The van der Waals surface area contributed by atoms with Gasteiger partial charge in [-0.3, -0.25) is 19.0 Å². The van der Waals surface area contributed by atoms with E-state index in [0.29, 0.717) is 36.6 Å². The van der Waals surface area contributed by atoms with E-state index in [-0.39, 0.29) is 12.1 Å². The van der Waals surface area contributed by atoms with Gasteiger partial charge in [0.15, 0.2) is 0 Å². The Balaban J connectivity index is 1.61. The smallest absolute Gasteiger partial charge is 0.354 e. The summed E-state index contributed by atoms with van der Waals surface area (Å²) in [7, 11) is 0. The van der Waals surface area contributed by atoms with Gasteiger partial charge >= 0.3 is 11.9 Å². The van der Waals surface area contributed by atoms with Gasteiger partial charge in [-0.1, -0.05) is 19.1 Å². The molecule has 2 N–H and O–H groups in total. The summed E-state index contributed by atoms with van der Waals surface area (Å²) in [5.41, 5.74) is -0.0523. The van der Waals surface area contributed by atoms with Crippen LogP contribution in [-0.4, -0.2) is 25.9 Å². The van der Waals surface area contributed by atoms with Crippen molar-refractivity contribution in [1.29, 1.82) is 0 Å². The molecule has 0 radical (unpaired) electrons. The van der Waals surface area contributed by atoms with Gasteiger partial charge in [-0.25, -0.2) is 4.79 Å². The Morgan fingerprint density at radius 3 is 2.66 bits per heavy atom. The van der Waals surface area contributed by atoms with Crippen LogP contribution >= 0.6 is 0 Å².